The second-order valence-electron chi connectivity index (χ2n) is 4.73. The van der Waals surface area contributed by atoms with Gasteiger partial charge in [-0.3, -0.25) is 0 Å². The molecule has 1 fully saturated rings. The summed E-state index contributed by atoms with van der Waals surface area (Å²) >= 11 is 5.80. The van der Waals surface area contributed by atoms with Crippen molar-refractivity contribution in [2.75, 3.05) is 0 Å². The quantitative estimate of drug-likeness (QED) is 0.852. The molecule has 5 heteroatoms. The molecule has 0 saturated heterocycles. The van der Waals surface area contributed by atoms with E-state index in [9.17, 15) is 4.39 Å². The van der Waals surface area contributed by atoms with Crippen LogP contribution in [0.1, 0.15) is 24.5 Å². The van der Waals surface area contributed by atoms with Crippen molar-refractivity contribution in [1.29, 1.82) is 0 Å². The lowest BCUT2D eigenvalue weighted by Gasteiger charge is -2.06. The van der Waals surface area contributed by atoms with Crippen LogP contribution in [0.15, 0.2) is 18.2 Å². The van der Waals surface area contributed by atoms with Gasteiger partial charge >= 0.3 is 0 Å². The molecular weight excluding hydrogens is 253 g/mol. The number of benzene rings is 1. The van der Waals surface area contributed by atoms with Crippen LogP contribution < -0.4 is 0 Å². The van der Waals surface area contributed by atoms with Crippen molar-refractivity contribution < 1.29 is 4.39 Å². The van der Waals surface area contributed by atoms with E-state index in [0.717, 1.165) is 29.7 Å². The van der Waals surface area contributed by atoms with E-state index in [2.05, 4.69) is 10.1 Å². The molecule has 1 aliphatic rings. The predicted octanol–water partition coefficient (Wildman–Crippen LogP) is 3.32. The molecule has 0 radical (unpaired) electrons. The van der Waals surface area contributed by atoms with Crippen molar-refractivity contribution in [3.05, 3.63) is 40.7 Å². The van der Waals surface area contributed by atoms with Gasteiger partial charge in [-0.05, 0) is 43.9 Å². The lowest BCUT2D eigenvalue weighted by molar-refractivity contribution is 0.626. The Bertz CT molecular complexity index is 590. The zero-order valence-corrected chi connectivity index (χ0v) is 10.8. The molecule has 0 N–H and O–H groups in total. The number of halogens is 2. The van der Waals surface area contributed by atoms with Crippen LogP contribution in [-0.4, -0.2) is 14.8 Å². The highest BCUT2D eigenvalue weighted by Crippen LogP contribution is 2.32. The zero-order chi connectivity index (χ0) is 12.7. The Morgan fingerprint density at radius 2 is 2.22 bits per heavy atom. The Labute approximate surface area is 110 Å². The van der Waals surface area contributed by atoms with Gasteiger partial charge in [-0.15, -0.1) is 0 Å². The van der Waals surface area contributed by atoms with Crippen LogP contribution in [0, 0.1) is 18.7 Å². The number of aryl methyl sites for hydroxylation is 1. The first-order valence-electron chi connectivity index (χ1n) is 6.01. The fraction of sp³-hybridized carbons (Fsp3) is 0.385. The van der Waals surface area contributed by atoms with Gasteiger partial charge in [0.2, 0.25) is 0 Å². The summed E-state index contributed by atoms with van der Waals surface area (Å²) in [5.74, 6) is 1.97. The number of nitrogens with zero attached hydrogens (tertiary/aromatic N) is 3. The fourth-order valence-electron chi connectivity index (χ4n) is 1.99. The molecule has 0 aliphatic heterocycles. The smallest absolute Gasteiger partial charge is 0.148 e. The Kier molecular flexibility index (Phi) is 2.82. The zero-order valence-electron chi connectivity index (χ0n) is 10.0. The van der Waals surface area contributed by atoms with E-state index in [4.69, 9.17) is 11.6 Å². The highest BCUT2D eigenvalue weighted by Gasteiger charge is 2.24. The van der Waals surface area contributed by atoms with Crippen molar-refractivity contribution in [3.8, 4) is 5.69 Å². The van der Waals surface area contributed by atoms with Crippen LogP contribution in [0.25, 0.3) is 5.69 Å². The summed E-state index contributed by atoms with van der Waals surface area (Å²) in [7, 11) is 0. The topological polar surface area (TPSA) is 30.7 Å². The lowest BCUT2D eigenvalue weighted by atomic mass is 10.2. The minimum absolute atomic E-state index is 0.109. The van der Waals surface area contributed by atoms with Gasteiger partial charge in [-0.1, -0.05) is 11.6 Å². The van der Waals surface area contributed by atoms with Gasteiger partial charge in [0, 0.05) is 6.42 Å². The third-order valence-corrected chi connectivity index (χ3v) is 3.39. The van der Waals surface area contributed by atoms with E-state index in [1.165, 1.54) is 18.9 Å². The Balaban J connectivity index is 2.00. The van der Waals surface area contributed by atoms with Crippen LogP contribution in [0.5, 0.6) is 0 Å². The summed E-state index contributed by atoms with van der Waals surface area (Å²) in [5.41, 5.74) is 0.762. The molecule has 0 amide bonds. The van der Waals surface area contributed by atoms with Gasteiger partial charge in [0.25, 0.3) is 0 Å². The minimum atomic E-state index is -0.416. The van der Waals surface area contributed by atoms with E-state index in [1.807, 2.05) is 6.92 Å². The van der Waals surface area contributed by atoms with Gasteiger partial charge in [0.05, 0.1) is 10.7 Å². The summed E-state index contributed by atoms with van der Waals surface area (Å²) in [6, 6.07) is 4.61. The second-order valence-corrected chi connectivity index (χ2v) is 5.14. The van der Waals surface area contributed by atoms with Crippen molar-refractivity contribution >= 4 is 11.6 Å². The predicted molar refractivity (Wildman–Crippen MR) is 67.5 cm³/mol. The summed E-state index contributed by atoms with van der Waals surface area (Å²) in [6.07, 6.45) is 3.45. The number of rotatable bonds is 3. The molecule has 0 bridgehead atoms. The summed E-state index contributed by atoms with van der Waals surface area (Å²) in [6.45, 7) is 1.86. The third kappa shape index (κ3) is 2.25. The average molecular weight is 266 g/mol. The number of hydrogen-bond donors (Lipinski definition) is 0. The van der Waals surface area contributed by atoms with Crippen molar-refractivity contribution in [1.82, 2.24) is 14.8 Å². The van der Waals surface area contributed by atoms with Crippen molar-refractivity contribution in [2.45, 2.75) is 26.2 Å². The maximum Gasteiger partial charge on any atom is 0.148 e. The van der Waals surface area contributed by atoms with Crippen LogP contribution in [0.4, 0.5) is 4.39 Å². The summed E-state index contributed by atoms with van der Waals surface area (Å²) in [4.78, 5) is 4.43. The molecule has 3 nitrogen and oxygen atoms in total. The van der Waals surface area contributed by atoms with Crippen LogP contribution in [-0.2, 0) is 6.42 Å². The molecule has 3 rings (SSSR count). The Morgan fingerprint density at radius 3 is 2.89 bits per heavy atom. The molecule has 94 valence electrons. The molecule has 1 aromatic heterocycles. The average Bonchev–Trinajstić information content (AvgIpc) is 3.06. The third-order valence-electron chi connectivity index (χ3n) is 3.10. The van der Waals surface area contributed by atoms with E-state index in [0.29, 0.717) is 0 Å². The van der Waals surface area contributed by atoms with Gasteiger partial charge in [-0.2, -0.15) is 5.10 Å². The van der Waals surface area contributed by atoms with Crippen LogP contribution in [0.2, 0.25) is 5.02 Å². The van der Waals surface area contributed by atoms with Crippen molar-refractivity contribution in [2.24, 2.45) is 5.92 Å². The Morgan fingerprint density at radius 1 is 1.44 bits per heavy atom. The van der Waals surface area contributed by atoms with Gasteiger partial charge in [0.15, 0.2) is 0 Å². The molecule has 1 aliphatic carbocycles. The van der Waals surface area contributed by atoms with E-state index >= 15 is 0 Å². The molecule has 1 aromatic carbocycles. The molecule has 1 heterocycles. The number of aromatic nitrogens is 3. The summed E-state index contributed by atoms with van der Waals surface area (Å²) in [5, 5.41) is 4.47. The lowest BCUT2D eigenvalue weighted by Crippen LogP contribution is -2.04. The Hall–Kier alpha value is -1.42. The molecule has 0 atom stereocenters. The van der Waals surface area contributed by atoms with E-state index < -0.39 is 5.82 Å². The monoisotopic (exact) mass is 265 g/mol. The first-order valence-corrected chi connectivity index (χ1v) is 6.39. The SMILES string of the molecule is Cc1nc(CC2CC2)n(-c2ccc(F)c(Cl)c2)n1. The highest BCUT2D eigenvalue weighted by atomic mass is 35.5. The first kappa shape index (κ1) is 11.7. The fourth-order valence-corrected chi connectivity index (χ4v) is 2.17. The highest BCUT2D eigenvalue weighted by molar-refractivity contribution is 6.30. The molecule has 1 saturated carbocycles. The van der Waals surface area contributed by atoms with Gasteiger partial charge < -0.3 is 0 Å². The first-order chi connectivity index (χ1) is 8.63. The molecular formula is C13H13ClFN3. The molecule has 18 heavy (non-hydrogen) atoms. The minimum Gasteiger partial charge on any atom is -0.218 e. The number of hydrogen-bond acceptors (Lipinski definition) is 2. The summed E-state index contributed by atoms with van der Waals surface area (Å²) < 4.78 is 14.9. The largest absolute Gasteiger partial charge is 0.218 e. The van der Waals surface area contributed by atoms with Crippen LogP contribution >= 0.6 is 11.6 Å². The van der Waals surface area contributed by atoms with E-state index in [1.54, 1.807) is 16.8 Å². The normalized spacial score (nSPS) is 15.1. The molecule has 0 unspecified atom stereocenters. The van der Waals surface area contributed by atoms with Gasteiger partial charge in [-0.25, -0.2) is 14.1 Å². The second kappa shape index (κ2) is 4.35. The maximum absolute atomic E-state index is 13.2. The van der Waals surface area contributed by atoms with E-state index in [-0.39, 0.29) is 5.02 Å². The standard InChI is InChI=1S/C13H13ClFN3/c1-8-16-13(6-9-2-3-9)18(17-8)10-4-5-12(15)11(14)7-10/h4-5,7,9H,2-3,6H2,1H3. The maximum atomic E-state index is 13.2. The van der Waals surface area contributed by atoms with Crippen LogP contribution in [0.3, 0.4) is 0 Å². The van der Waals surface area contributed by atoms with Crippen molar-refractivity contribution in [3.63, 3.8) is 0 Å². The van der Waals surface area contributed by atoms with Gasteiger partial charge in [0.1, 0.15) is 17.5 Å². The molecule has 0 spiro atoms. The molecule has 2 aromatic rings.